The van der Waals surface area contributed by atoms with Crippen molar-refractivity contribution < 1.29 is 9.18 Å². The number of rotatable bonds is 4. The van der Waals surface area contributed by atoms with E-state index in [2.05, 4.69) is 34.3 Å². The number of nitrogens with one attached hydrogen (secondary N) is 1. The minimum atomic E-state index is -0.627. The van der Waals surface area contributed by atoms with E-state index in [0.29, 0.717) is 11.0 Å². The summed E-state index contributed by atoms with van der Waals surface area (Å²) in [7, 11) is 0. The Kier molecular flexibility index (Phi) is 4.61. The first-order valence-corrected chi connectivity index (χ1v) is 7.10. The summed E-state index contributed by atoms with van der Waals surface area (Å²) in [5.41, 5.74) is -0.0349. The van der Waals surface area contributed by atoms with Gasteiger partial charge in [-0.3, -0.25) is 10.1 Å². The van der Waals surface area contributed by atoms with E-state index < -0.39 is 11.7 Å². The fourth-order valence-electron chi connectivity index (χ4n) is 1.48. The number of aromatic nitrogens is 3. The van der Waals surface area contributed by atoms with Crippen LogP contribution in [0.15, 0.2) is 12.3 Å². The molecule has 1 N–H and O–H groups in total. The van der Waals surface area contributed by atoms with E-state index in [9.17, 15) is 9.18 Å². The molecule has 0 bridgehead atoms. The molecule has 2 rings (SSSR count). The van der Waals surface area contributed by atoms with Gasteiger partial charge in [-0.05, 0) is 12.0 Å². The second-order valence-corrected chi connectivity index (χ2v) is 5.97. The molecular weight excluding hydrogens is 303 g/mol. The molecule has 0 aliphatic heterocycles. The molecule has 2 aromatic rings. The van der Waals surface area contributed by atoms with E-state index in [1.807, 2.05) is 0 Å². The highest BCUT2D eigenvalue weighted by Crippen LogP contribution is 2.20. The van der Waals surface area contributed by atoms with E-state index in [1.54, 1.807) is 0 Å². The molecule has 1 amide bonds. The molecule has 0 unspecified atom stereocenters. The molecular formula is C12H12ClFN4OS. The van der Waals surface area contributed by atoms with Crippen molar-refractivity contribution in [1.82, 2.24) is 15.2 Å². The van der Waals surface area contributed by atoms with Gasteiger partial charge in [-0.2, -0.15) is 0 Å². The summed E-state index contributed by atoms with van der Waals surface area (Å²) in [6, 6.07) is 1.03. The number of nitrogens with zero attached hydrogens (tertiary/aromatic N) is 3. The fourth-order valence-corrected chi connectivity index (χ4v) is 2.62. The van der Waals surface area contributed by atoms with Gasteiger partial charge >= 0.3 is 0 Å². The topological polar surface area (TPSA) is 67.8 Å². The Hall–Kier alpha value is -1.60. The molecule has 0 aliphatic rings. The number of anilines is 1. The standard InChI is InChI=1S/C12H12ClFN4OS/c1-6(2)3-9-17-18-12(20-9)16-11(19)8-4-7(14)5-15-10(8)13/h4-6H,3H2,1-2H3,(H,16,18,19). The van der Waals surface area contributed by atoms with Crippen molar-refractivity contribution in [3.05, 3.63) is 33.8 Å². The minimum absolute atomic E-state index is 0.0349. The first-order valence-electron chi connectivity index (χ1n) is 5.90. The lowest BCUT2D eigenvalue weighted by Gasteiger charge is -2.02. The maximum absolute atomic E-state index is 13.1. The van der Waals surface area contributed by atoms with Gasteiger partial charge in [-0.1, -0.05) is 36.8 Å². The van der Waals surface area contributed by atoms with Crippen molar-refractivity contribution in [2.45, 2.75) is 20.3 Å². The Balaban J connectivity index is 2.11. The predicted octanol–water partition coefficient (Wildman–Crippen LogP) is 3.18. The van der Waals surface area contributed by atoms with Crippen LogP contribution in [0, 0.1) is 11.7 Å². The molecule has 0 saturated heterocycles. The smallest absolute Gasteiger partial charge is 0.260 e. The number of hydrogen-bond acceptors (Lipinski definition) is 5. The van der Waals surface area contributed by atoms with Crippen LogP contribution in [0.3, 0.4) is 0 Å². The van der Waals surface area contributed by atoms with Crippen LogP contribution in [0.2, 0.25) is 5.15 Å². The molecule has 20 heavy (non-hydrogen) atoms. The maximum atomic E-state index is 13.1. The number of pyridine rings is 1. The highest BCUT2D eigenvalue weighted by molar-refractivity contribution is 7.15. The number of halogens is 2. The SMILES string of the molecule is CC(C)Cc1nnc(NC(=O)c2cc(F)cnc2Cl)s1. The molecule has 0 aliphatic carbocycles. The monoisotopic (exact) mass is 314 g/mol. The average Bonchev–Trinajstić information content (AvgIpc) is 2.78. The average molecular weight is 315 g/mol. The van der Waals surface area contributed by atoms with Crippen molar-refractivity contribution in [3.63, 3.8) is 0 Å². The van der Waals surface area contributed by atoms with Crippen molar-refractivity contribution >= 4 is 34.0 Å². The van der Waals surface area contributed by atoms with Crippen LogP contribution in [0.4, 0.5) is 9.52 Å². The second kappa shape index (κ2) is 6.23. The molecule has 0 spiro atoms. The van der Waals surface area contributed by atoms with Gasteiger partial charge in [0.15, 0.2) is 0 Å². The molecule has 5 nitrogen and oxygen atoms in total. The Labute approximate surface area is 124 Å². The highest BCUT2D eigenvalue weighted by atomic mass is 35.5. The predicted molar refractivity (Wildman–Crippen MR) is 75.6 cm³/mol. The van der Waals surface area contributed by atoms with Crippen molar-refractivity contribution in [1.29, 1.82) is 0 Å². The quantitative estimate of drug-likeness (QED) is 0.880. The van der Waals surface area contributed by atoms with Crippen LogP contribution in [0.5, 0.6) is 0 Å². The first-order chi connectivity index (χ1) is 9.45. The van der Waals surface area contributed by atoms with Crippen LogP contribution < -0.4 is 5.32 Å². The molecule has 0 radical (unpaired) electrons. The summed E-state index contributed by atoms with van der Waals surface area (Å²) in [5, 5.41) is 11.5. The zero-order valence-corrected chi connectivity index (χ0v) is 12.4. The zero-order valence-electron chi connectivity index (χ0n) is 10.9. The molecule has 0 aromatic carbocycles. The highest BCUT2D eigenvalue weighted by Gasteiger charge is 2.15. The third-order valence-corrected chi connectivity index (χ3v) is 3.48. The number of carbonyl (C=O) groups is 1. The molecule has 106 valence electrons. The van der Waals surface area contributed by atoms with Gasteiger partial charge in [0.1, 0.15) is 16.0 Å². The maximum Gasteiger partial charge on any atom is 0.260 e. The molecule has 0 atom stereocenters. The van der Waals surface area contributed by atoms with E-state index in [-0.39, 0.29) is 10.7 Å². The lowest BCUT2D eigenvalue weighted by Crippen LogP contribution is -2.13. The largest absolute Gasteiger partial charge is 0.296 e. The minimum Gasteiger partial charge on any atom is -0.296 e. The Morgan fingerprint density at radius 1 is 1.50 bits per heavy atom. The summed E-state index contributed by atoms with van der Waals surface area (Å²) in [4.78, 5) is 15.5. The van der Waals surface area contributed by atoms with Crippen LogP contribution in [0.25, 0.3) is 0 Å². The van der Waals surface area contributed by atoms with Crippen molar-refractivity contribution in [2.24, 2.45) is 5.92 Å². The molecule has 2 aromatic heterocycles. The molecule has 8 heteroatoms. The number of hydrogen-bond donors (Lipinski definition) is 1. The molecule has 0 fully saturated rings. The van der Waals surface area contributed by atoms with Gasteiger partial charge < -0.3 is 0 Å². The third kappa shape index (κ3) is 3.71. The molecule has 2 heterocycles. The van der Waals surface area contributed by atoms with Gasteiger partial charge in [0.05, 0.1) is 11.8 Å². The van der Waals surface area contributed by atoms with Gasteiger partial charge in [0.25, 0.3) is 5.91 Å². The van der Waals surface area contributed by atoms with Gasteiger partial charge in [0, 0.05) is 6.42 Å². The van der Waals surface area contributed by atoms with E-state index in [0.717, 1.165) is 23.7 Å². The van der Waals surface area contributed by atoms with Crippen LogP contribution >= 0.6 is 22.9 Å². The Bertz CT molecular complexity index is 632. The van der Waals surface area contributed by atoms with Crippen LogP contribution in [0.1, 0.15) is 29.2 Å². The van der Waals surface area contributed by atoms with Gasteiger partial charge in [-0.15, -0.1) is 10.2 Å². The summed E-state index contributed by atoms with van der Waals surface area (Å²) < 4.78 is 13.1. The lowest BCUT2D eigenvalue weighted by atomic mass is 10.1. The Morgan fingerprint density at radius 2 is 2.25 bits per heavy atom. The number of carbonyl (C=O) groups excluding carboxylic acids is 1. The summed E-state index contributed by atoms with van der Waals surface area (Å²) in [6.45, 7) is 4.13. The fraction of sp³-hybridized carbons (Fsp3) is 0.333. The van der Waals surface area contributed by atoms with Crippen molar-refractivity contribution in [3.8, 4) is 0 Å². The van der Waals surface area contributed by atoms with E-state index in [4.69, 9.17) is 11.6 Å². The lowest BCUT2D eigenvalue weighted by molar-refractivity contribution is 0.102. The van der Waals surface area contributed by atoms with E-state index >= 15 is 0 Å². The van der Waals surface area contributed by atoms with Crippen LogP contribution in [-0.2, 0) is 6.42 Å². The van der Waals surface area contributed by atoms with Gasteiger partial charge in [0.2, 0.25) is 5.13 Å². The zero-order chi connectivity index (χ0) is 14.7. The van der Waals surface area contributed by atoms with E-state index in [1.165, 1.54) is 11.3 Å². The summed E-state index contributed by atoms with van der Waals surface area (Å²) >= 11 is 7.04. The second-order valence-electron chi connectivity index (χ2n) is 4.54. The third-order valence-electron chi connectivity index (χ3n) is 2.32. The van der Waals surface area contributed by atoms with Crippen LogP contribution in [-0.4, -0.2) is 21.1 Å². The van der Waals surface area contributed by atoms with Gasteiger partial charge in [-0.25, -0.2) is 9.37 Å². The summed E-state index contributed by atoms with van der Waals surface area (Å²) in [6.07, 6.45) is 1.74. The first kappa shape index (κ1) is 14.8. The molecule has 0 saturated carbocycles. The Morgan fingerprint density at radius 3 is 2.95 bits per heavy atom. The number of amides is 1. The normalized spacial score (nSPS) is 10.8. The summed E-state index contributed by atoms with van der Waals surface area (Å²) in [5.74, 6) is -0.736. The van der Waals surface area contributed by atoms with Crippen molar-refractivity contribution in [2.75, 3.05) is 5.32 Å².